The highest BCUT2D eigenvalue weighted by Crippen LogP contribution is 2.30. The largest absolute Gasteiger partial charge is 0.493 e. The number of carbonyl (C=O) groups excluding carboxylic acids is 1. The van der Waals surface area contributed by atoms with Crippen LogP contribution in [0.25, 0.3) is 11.0 Å². The SMILES string of the molecule is COc1ccc(N=c2oc3ccccc3cc2C(=O)Nc2ccc(C)cn2)cc1OC. The maximum absolute atomic E-state index is 13.1. The zero-order valence-electron chi connectivity index (χ0n) is 17.4. The summed E-state index contributed by atoms with van der Waals surface area (Å²) in [5.41, 5.74) is 2.64. The van der Waals surface area contributed by atoms with Gasteiger partial charge in [0.1, 0.15) is 17.0 Å². The molecule has 1 N–H and O–H groups in total. The molecule has 0 aliphatic heterocycles. The van der Waals surface area contributed by atoms with Gasteiger partial charge in [0.05, 0.1) is 19.9 Å². The third-order valence-corrected chi connectivity index (χ3v) is 4.65. The lowest BCUT2D eigenvalue weighted by Gasteiger charge is -2.08. The molecule has 0 saturated carbocycles. The molecule has 0 bridgehead atoms. The van der Waals surface area contributed by atoms with Gasteiger partial charge < -0.3 is 19.2 Å². The Bertz CT molecular complexity index is 1310. The van der Waals surface area contributed by atoms with Crippen LogP contribution in [0.4, 0.5) is 11.5 Å². The summed E-state index contributed by atoms with van der Waals surface area (Å²) >= 11 is 0. The first-order valence-corrected chi connectivity index (χ1v) is 9.61. The van der Waals surface area contributed by atoms with Gasteiger partial charge in [0.2, 0.25) is 5.55 Å². The fourth-order valence-corrected chi connectivity index (χ4v) is 3.05. The van der Waals surface area contributed by atoms with Gasteiger partial charge in [0.15, 0.2) is 11.5 Å². The van der Waals surface area contributed by atoms with Crippen LogP contribution in [0.2, 0.25) is 0 Å². The second kappa shape index (κ2) is 8.71. The zero-order valence-corrected chi connectivity index (χ0v) is 17.4. The highest BCUT2D eigenvalue weighted by Gasteiger charge is 2.14. The molecule has 2 aromatic heterocycles. The summed E-state index contributed by atoms with van der Waals surface area (Å²) in [6.07, 6.45) is 1.69. The number of aromatic nitrogens is 1. The number of nitrogens with one attached hydrogen (secondary N) is 1. The van der Waals surface area contributed by atoms with Gasteiger partial charge in [0, 0.05) is 17.6 Å². The maximum Gasteiger partial charge on any atom is 0.262 e. The van der Waals surface area contributed by atoms with Gasteiger partial charge in [-0.05, 0) is 42.8 Å². The van der Waals surface area contributed by atoms with Crippen LogP contribution in [0.3, 0.4) is 0 Å². The summed E-state index contributed by atoms with van der Waals surface area (Å²) in [4.78, 5) is 21.9. The molecular formula is C24H21N3O4. The summed E-state index contributed by atoms with van der Waals surface area (Å²) in [5.74, 6) is 1.19. The lowest BCUT2D eigenvalue weighted by Crippen LogP contribution is -2.22. The first-order chi connectivity index (χ1) is 15.1. The molecule has 0 unspecified atom stereocenters. The van der Waals surface area contributed by atoms with Crippen LogP contribution in [0, 0.1) is 6.92 Å². The topological polar surface area (TPSA) is 86.0 Å². The summed E-state index contributed by atoms with van der Waals surface area (Å²) in [6, 6.07) is 18.0. The third-order valence-electron chi connectivity index (χ3n) is 4.65. The number of carbonyl (C=O) groups is 1. The number of nitrogens with zero attached hydrogens (tertiary/aromatic N) is 2. The Morgan fingerprint density at radius 3 is 2.55 bits per heavy atom. The van der Waals surface area contributed by atoms with Crippen molar-refractivity contribution < 1.29 is 18.7 Å². The van der Waals surface area contributed by atoms with E-state index in [1.807, 2.05) is 37.3 Å². The normalized spacial score (nSPS) is 11.4. The van der Waals surface area contributed by atoms with Crippen molar-refractivity contribution in [3.63, 3.8) is 0 Å². The Hall–Kier alpha value is -4.13. The van der Waals surface area contributed by atoms with Gasteiger partial charge in [-0.2, -0.15) is 0 Å². The molecule has 0 spiro atoms. The predicted molar refractivity (Wildman–Crippen MR) is 118 cm³/mol. The lowest BCUT2D eigenvalue weighted by atomic mass is 10.1. The van der Waals surface area contributed by atoms with Gasteiger partial charge in [-0.1, -0.05) is 24.3 Å². The summed E-state index contributed by atoms with van der Waals surface area (Å²) in [5, 5.41) is 3.59. The molecule has 0 aliphatic carbocycles. The van der Waals surface area contributed by atoms with Crippen molar-refractivity contribution in [3.05, 3.63) is 83.5 Å². The Balaban J connectivity index is 1.82. The number of anilines is 1. The molecule has 4 rings (SSSR count). The van der Waals surface area contributed by atoms with Gasteiger partial charge in [-0.3, -0.25) is 4.79 Å². The molecule has 0 atom stereocenters. The number of rotatable bonds is 5. The highest BCUT2D eigenvalue weighted by atomic mass is 16.5. The first kappa shape index (κ1) is 20.2. The number of para-hydroxylation sites is 1. The summed E-state index contributed by atoms with van der Waals surface area (Å²) in [6.45, 7) is 1.93. The molecule has 2 heterocycles. The number of amides is 1. The van der Waals surface area contributed by atoms with Crippen molar-refractivity contribution in [1.29, 1.82) is 0 Å². The highest BCUT2D eigenvalue weighted by molar-refractivity contribution is 6.04. The zero-order chi connectivity index (χ0) is 21.8. The smallest absolute Gasteiger partial charge is 0.262 e. The third kappa shape index (κ3) is 4.40. The van der Waals surface area contributed by atoms with E-state index >= 15 is 0 Å². The van der Waals surface area contributed by atoms with E-state index in [2.05, 4.69) is 15.3 Å². The molecule has 156 valence electrons. The minimum Gasteiger partial charge on any atom is -0.493 e. The van der Waals surface area contributed by atoms with Crippen LogP contribution >= 0.6 is 0 Å². The Kier molecular flexibility index (Phi) is 5.66. The number of pyridine rings is 1. The average Bonchev–Trinajstić information content (AvgIpc) is 2.80. The monoisotopic (exact) mass is 415 g/mol. The van der Waals surface area contributed by atoms with Gasteiger partial charge in [0.25, 0.3) is 5.91 Å². The second-order valence-corrected chi connectivity index (χ2v) is 6.83. The second-order valence-electron chi connectivity index (χ2n) is 6.83. The number of hydrogen-bond donors (Lipinski definition) is 1. The predicted octanol–water partition coefficient (Wildman–Crippen LogP) is 4.64. The quantitative estimate of drug-likeness (QED) is 0.513. The standard InChI is InChI=1S/C24H21N3O4/c1-15-8-11-22(25-14-15)27-23(28)18-12-16-6-4-5-7-19(16)31-24(18)26-17-9-10-20(29-2)21(13-17)30-3/h4-14H,1-3H3,(H,25,27,28). The summed E-state index contributed by atoms with van der Waals surface area (Å²) in [7, 11) is 3.12. The maximum atomic E-state index is 13.1. The molecule has 31 heavy (non-hydrogen) atoms. The number of benzene rings is 2. The van der Waals surface area contributed by atoms with Crippen molar-refractivity contribution in [2.75, 3.05) is 19.5 Å². The lowest BCUT2D eigenvalue weighted by molar-refractivity contribution is 0.102. The van der Waals surface area contributed by atoms with E-state index < -0.39 is 0 Å². The Morgan fingerprint density at radius 2 is 1.81 bits per heavy atom. The minimum atomic E-state index is -0.370. The van der Waals surface area contributed by atoms with Crippen LogP contribution < -0.4 is 20.3 Å². The van der Waals surface area contributed by atoms with Crippen molar-refractivity contribution in [1.82, 2.24) is 4.98 Å². The van der Waals surface area contributed by atoms with Crippen LogP contribution in [0.1, 0.15) is 15.9 Å². The van der Waals surface area contributed by atoms with Crippen molar-refractivity contribution >= 4 is 28.4 Å². The van der Waals surface area contributed by atoms with Gasteiger partial charge in [-0.25, -0.2) is 9.98 Å². The number of ether oxygens (including phenoxy) is 2. The number of hydrogen-bond acceptors (Lipinski definition) is 6. The molecule has 7 heteroatoms. The van der Waals surface area contributed by atoms with Crippen LogP contribution in [-0.2, 0) is 0 Å². The van der Waals surface area contributed by atoms with E-state index in [9.17, 15) is 4.79 Å². The fourth-order valence-electron chi connectivity index (χ4n) is 3.05. The average molecular weight is 415 g/mol. The molecule has 0 aliphatic rings. The number of fused-ring (bicyclic) bond motifs is 1. The van der Waals surface area contributed by atoms with Crippen LogP contribution in [0.15, 0.2) is 76.3 Å². The van der Waals surface area contributed by atoms with E-state index in [4.69, 9.17) is 13.9 Å². The molecular weight excluding hydrogens is 394 g/mol. The number of aryl methyl sites for hydroxylation is 1. The molecule has 7 nitrogen and oxygen atoms in total. The molecule has 0 radical (unpaired) electrons. The van der Waals surface area contributed by atoms with Gasteiger partial charge in [-0.15, -0.1) is 0 Å². The van der Waals surface area contributed by atoms with Gasteiger partial charge >= 0.3 is 0 Å². The van der Waals surface area contributed by atoms with Crippen molar-refractivity contribution in [3.8, 4) is 11.5 Å². The van der Waals surface area contributed by atoms with E-state index in [0.717, 1.165) is 10.9 Å². The molecule has 4 aromatic rings. The fraction of sp³-hybridized carbons (Fsp3) is 0.125. The summed E-state index contributed by atoms with van der Waals surface area (Å²) < 4.78 is 16.6. The Labute approximate surface area is 179 Å². The van der Waals surface area contributed by atoms with E-state index in [1.165, 1.54) is 0 Å². The minimum absolute atomic E-state index is 0.176. The van der Waals surface area contributed by atoms with E-state index in [-0.39, 0.29) is 17.0 Å². The van der Waals surface area contributed by atoms with Crippen LogP contribution in [-0.4, -0.2) is 25.1 Å². The van der Waals surface area contributed by atoms with E-state index in [0.29, 0.717) is 28.6 Å². The molecule has 0 saturated heterocycles. The van der Waals surface area contributed by atoms with Crippen LogP contribution in [0.5, 0.6) is 11.5 Å². The Morgan fingerprint density at radius 1 is 1.00 bits per heavy atom. The first-order valence-electron chi connectivity index (χ1n) is 9.61. The molecule has 2 aromatic carbocycles. The van der Waals surface area contributed by atoms with Crippen molar-refractivity contribution in [2.45, 2.75) is 6.92 Å². The van der Waals surface area contributed by atoms with E-state index in [1.54, 1.807) is 50.7 Å². The number of methoxy groups -OCH3 is 2. The van der Waals surface area contributed by atoms with Crippen molar-refractivity contribution in [2.24, 2.45) is 4.99 Å². The molecule has 1 amide bonds. The molecule has 0 fully saturated rings.